The van der Waals surface area contributed by atoms with Crippen molar-refractivity contribution in [2.45, 2.75) is 12.8 Å². The van der Waals surface area contributed by atoms with Gasteiger partial charge in [0.15, 0.2) is 5.78 Å². The maximum absolute atomic E-state index is 11.7. The Morgan fingerprint density at radius 3 is 2.82 bits per heavy atom. The topological polar surface area (TPSA) is 72.2 Å². The second kappa shape index (κ2) is 4.37. The summed E-state index contributed by atoms with van der Waals surface area (Å²) in [6, 6.07) is 5.21. The van der Waals surface area contributed by atoms with Gasteiger partial charge >= 0.3 is 5.97 Å². The number of Topliss-reactive ketones (excluding diaryl/α,β-unsaturated/α-hetero) is 1. The van der Waals surface area contributed by atoms with Gasteiger partial charge in [-0.2, -0.15) is 0 Å². The maximum atomic E-state index is 11.7. The van der Waals surface area contributed by atoms with E-state index in [0.29, 0.717) is 5.56 Å². The fourth-order valence-electron chi connectivity index (χ4n) is 1.67. The van der Waals surface area contributed by atoms with Crippen LogP contribution in [-0.4, -0.2) is 26.4 Å². The van der Waals surface area contributed by atoms with Crippen LogP contribution in [0.3, 0.4) is 0 Å². The van der Waals surface area contributed by atoms with Crippen LogP contribution in [-0.2, 0) is 11.8 Å². The molecule has 2 rings (SSSR count). The molecule has 5 heteroatoms. The van der Waals surface area contributed by atoms with Crippen LogP contribution >= 0.6 is 0 Å². The molecule has 0 spiro atoms. The van der Waals surface area contributed by atoms with Crippen molar-refractivity contribution in [2.24, 2.45) is 7.05 Å². The van der Waals surface area contributed by atoms with E-state index in [9.17, 15) is 9.59 Å². The number of imidazole rings is 1. The van der Waals surface area contributed by atoms with Crippen LogP contribution < -0.4 is 0 Å². The van der Waals surface area contributed by atoms with Gasteiger partial charge in [0, 0.05) is 19.0 Å². The van der Waals surface area contributed by atoms with E-state index in [2.05, 4.69) is 4.98 Å². The molecule has 0 fully saturated rings. The molecule has 2 aromatic rings. The second-order valence-electron chi connectivity index (χ2n) is 3.88. The van der Waals surface area contributed by atoms with Gasteiger partial charge in [0.05, 0.1) is 23.8 Å². The smallest absolute Gasteiger partial charge is 0.303 e. The Labute approximate surface area is 97.7 Å². The number of carboxylic acids is 1. The molecule has 1 aromatic heterocycles. The molecule has 1 heterocycles. The quantitative estimate of drug-likeness (QED) is 0.813. The van der Waals surface area contributed by atoms with Gasteiger partial charge in [-0.25, -0.2) is 4.98 Å². The van der Waals surface area contributed by atoms with Crippen molar-refractivity contribution in [2.75, 3.05) is 0 Å². The molecule has 88 valence electrons. The summed E-state index contributed by atoms with van der Waals surface area (Å²) in [5.74, 6) is -1.13. The van der Waals surface area contributed by atoms with Gasteiger partial charge < -0.3 is 9.67 Å². The normalized spacial score (nSPS) is 10.6. The Morgan fingerprint density at radius 2 is 2.12 bits per heavy atom. The first-order valence-electron chi connectivity index (χ1n) is 5.24. The van der Waals surface area contributed by atoms with Crippen molar-refractivity contribution in [3.8, 4) is 0 Å². The monoisotopic (exact) mass is 232 g/mol. The fourth-order valence-corrected chi connectivity index (χ4v) is 1.67. The maximum Gasteiger partial charge on any atom is 0.303 e. The van der Waals surface area contributed by atoms with Gasteiger partial charge in [-0.3, -0.25) is 9.59 Å². The number of fused-ring (bicyclic) bond motifs is 1. The highest BCUT2D eigenvalue weighted by atomic mass is 16.4. The molecular weight excluding hydrogens is 220 g/mol. The average Bonchev–Trinajstić information content (AvgIpc) is 2.67. The van der Waals surface area contributed by atoms with E-state index in [1.54, 1.807) is 18.5 Å². The largest absolute Gasteiger partial charge is 0.481 e. The number of carbonyl (C=O) groups excluding carboxylic acids is 1. The summed E-state index contributed by atoms with van der Waals surface area (Å²) in [6.45, 7) is 0. The van der Waals surface area contributed by atoms with E-state index in [1.165, 1.54) is 0 Å². The number of nitrogens with zero attached hydrogens (tertiary/aromatic N) is 2. The molecule has 0 atom stereocenters. The van der Waals surface area contributed by atoms with Crippen molar-refractivity contribution in [3.63, 3.8) is 0 Å². The minimum Gasteiger partial charge on any atom is -0.481 e. The average molecular weight is 232 g/mol. The molecule has 0 radical (unpaired) electrons. The third-order valence-corrected chi connectivity index (χ3v) is 2.61. The highest BCUT2D eigenvalue weighted by Gasteiger charge is 2.10. The Morgan fingerprint density at radius 1 is 1.35 bits per heavy atom. The number of carbonyl (C=O) groups is 2. The number of aromatic nitrogens is 2. The lowest BCUT2D eigenvalue weighted by atomic mass is 10.1. The molecule has 0 aliphatic carbocycles. The second-order valence-corrected chi connectivity index (χ2v) is 3.88. The molecule has 1 aromatic carbocycles. The Hall–Kier alpha value is -2.17. The standard InChI is InChI=1S/C12H12N2O3/c1-14-7-13-9-6-8(2-3-10(9)14)11(15)4-5-12(16)17/h2-3,6-7H,4-5H2,1H3,(H,16,17). The van der Waals surface area contributed by atoms with Crippen molar-refractivity contribution in [1.82, 2.24) is 9.55 Å². The summed E-state index contributed by atoms with van der Waals surface area (Å²) in [7, 11) is 1.88. The summed E-state index contributed by atoms with van der Waals surface area (Å²) in [6.07, 6.45) is 1.56. The first kappa shape index (κ1) is 11.3. The van der Waals surface area contributed by atoms with Crippen LogP contribution in [0.5, 0.6) is 0 Å². The molecule has 0 aliphatic rings. The Bertz CT molecular complexity index is 586. The predicted molar refractivity (Wildman–Crippen MR) is 61.9 cm³/mol. The number of benzene rings is 1. The number of rotatable bonds is 4. The van der Waals surface area contributed by atoms with Gasteiger partial charge in [0.1, 0.15) is 0 Å². The lowest BCUT2D eigenvalue weighted by Gasteiger charge is -2.00. The van der Waals surface area contributed by atoms with Crippen LogP contribution in [0.1, 0.15) is 23.2 Å². The van der Waals surface area contributed by atoms with Crippen molar-refractivity contribution in [1.29, 1.82) is 0 Å². The number of hydrogen-bond donors (Lipinski definition) is 1. The van der Waals surface area contributed by atoms with Crippen LogP contribution in [0, 0.1) is 0 Å². The molecule has 0 bridgehead atoms. The van der Waals surface area contributed by atoms with Gasteiger partial charge in [-0.05, 0) is 18.2 Å². The molecule has 0 saturated carbocycles. The van der Waals surface area contributed by atoms with E-state index in [4.69, 9.17) is 5.11 Å². The van der Waals surface area contributed by atoms with Gasteiger partial charge in [-0.15, -0.1) is 0 Å². The molecule has 0 aliphatic heterocycles. The first-order valence-corrected chi connectivity index (χ1v) is 5.24. The van der Waals surface area contributed by atoms with E-state index >= 15 is 0 Å². The summed E-state index contributed by atoms with van der Waals surface area (Å²) in [5, 5.41) is 8.52. The minimum atomic E-state index is -0.961. The van der Waals surface area contributed by atoms with E-state index in [-0.39, 0.29) is 18.6 Å². The van der Waals surface area contributed by atoms with Crippen molar-refractivity contribution < 1.29 is 14.7 Å². The number of hydrogen-bond acceptors (Lipinski definition) is 3. The van der Waals surface area contributed by atoms with Crippen LogP contribution in [0.4, 0.5) is 0 Å². The molecular formula is C12H12N2O3. The van der Waals surface area contributed by atoms with Gasteiger partial charge in [0.2, 0.25) is 0 Å². The lowest BCUT2D eigenvalue weighted by molar-refractivity contribution is -0.136. The van der Waals surface area contributed by atoms with Crippen LogP contribution in [0.2, 0.25) is 0 Å². The fraction of sp³-hybridized carbons (Fsp3) is 0.250. The molecule has 0 unspecified atom stereocenters. The zero-order valence-corrected chi connectivity index (χ0v) is 9.38. The molecule has 17 heavy (non-hydrogen) atoms. The SMILES string of the molecule is Cn1cnc2cc(C(=O)CCC(=O)O)ccc21. The summed E-state index contributed by atoms with van der Waals surface area (Å²) in [4.78, 5) is 26.2. The lowest BCUT2D eigenvalue weighted by Crippen LogP contribution is -2.03. The summed E-state index contributed by atoms with van der Waals surface area (Å²) >= 11 is 0. The molecule has 0 saturated heterocycles. The Kier molecular flexibility index (Phi) is 2.91. The number of ketones is 1. The zero-order valence-electron chi connectivity index (χ0n) is 9.38. The Balaban J connectivity index is 2.24. The summed E-state index contributed by atoms with van der Waals surface area (Å²) in [5.41, 5.74) is 2.20. The minimum absolute atomic E-state index is 0.0215. The van der Waals surface area contributed by atoms with Crippen molar-refractivity contribution >= 4 is 22.8 Å². The zero-order chi connectivity index (χ0) is 12.4. The summed E-state index contributed by atoms with van der Waals surface area (Å²) < 4.78 is 1.86. The molecule has 5 nitrogen and oxygen atoms in total. The first-order chi connectivity index (χ1) is 8.08. The number of aliphatic carboxylic acids is 1. The third-order valence-electron chi connectivity index (χ3n) is 2.61. The highest BCUT2D eigenvalue weighted by molar-refractivity contribution is 5.99. The van der Waals surface area contributed by atoms with Crippen LogP contribution in [0.25, 0.3) is 11.0 Å². The third kappa shape index (κ3) is 2.33. The molecule has 0 amide bonds. The van der Waals surface area contributed by atoms with Crippen LogP contribution in [0.15, 0.2) is 24.5 Å². The van der Waals surface area contributed by atoms with E-state index < -0.39 is 5.97 Å². The number of aryl methyl sites for hydroxylation is 1. The molecule has 1 N–H and O–H groups in total. The van der Waals surface area contributed by atoms with Gasteiger partial charge in [0.25, 0.3) is 0 Å². The predicted octanol–water partition coefficient (Wildman–Crippen LogP) is 1.62. The van der Waals surface area contributed by atoms with Gasteiger partial charge in [-0.1, -0.05) is 0 Å². The highest BCUT2D eigenvalue weighted by Crippen LogP contribution is 2.15. The number of carboxylic acid groups (broad SMARTS) is 1. The van der Waals surface area contributed by atoms with Crippen molar-refractivity contribution in [3.05, 3.63) is 30.1 Å². The van der Waals surface area contributed by atoms with E-state index in [1.807, 2.05) is 17.7 Å². The van der Waals surface area contributed by atoms with E-state index in [0.717, 1.165) is 11.0 Å².